The van der Waals surface area contributed by atoms with Crippen LogP contribution >= 0.6 is 0 Å². The van der Waals surface area contributed by atoms with Gasteiger partial charge in [-0.3, -0.25) is 0 Å². The fourth-order valence-corrected chi connectivity index (χ4v) is 3.10. The van der Waals surface area contributed by atoms with Crippen molar-refractivity contribution < 1.29 is 24.1 Å². The summed E-state index contributed by atoms with van der Waals surface area (Å²) in [5, 5.41) is 9.93. The van der Waals surface area contributed by atoms with Gasteiger partial charge in [0.15, 0.2) is 11.5 Å². The highest BCUT2D eigenvalue weighted by molar-refractivity contribution is 5.95. The third-order valence-corrected chi connectivity index (χ3v) is 4.59. The molecule has 0 fully saturated rings. The molecule has 5 nitrogen and oxygen atoms in total. The monoisotopic (exact) mass is 370 g/mol. The summed E-state index contributed by atoms with van der Waals surface area (Å²) in [7, 11) is 0. The average molecular weight is 370 g/mol. The lowest BCUT2D eigenvalue weighted by atomic mass is 9.94. The SMILES string of the molecule is CCCCOc1cc2c(c(C(=O)O)c1OCCCC)Cc1ccccc1O2. The minimum atomic E-state index is -1.03. The van der Waals surface area contributed by atoms with E-state index in [1.54, 1.807) is 6.07 Å². The number of carbonyl (C=O) groups is 1. The number of carboxylic acid groups (broad SMARTS) is 1. The van der Waals surface area contributed by atoms with Crippen LogP contribution in [-0.2, 0) is 6.42 Å². The summed E-state index contributed by atoms with van der Waals surface area (Å²) in [5.41, 5.74) is 1.74. The Hall–Kier alpha value is -2.69. The van der Waals surface area contributed by atoms with Crippen LogP contribution in [0.25, 0.3) is 0 Å². The number of hydrogen-bond donors (Lipinski definition) is 1. The lowest BCUT2D eigenvalue weighted by Crippen LogP contribution is -2.14. The van der Waals surface area contributed by atoms with Crippen molar-refractivity contribution in [2.75, 3.05) is 13.2 Å². The van der Waals surface area contributed by atoms with E-state index in [1.165, 1.54) is 0 Å². The molecule has 0 radical (unpaired) electrons. The molecule has 0 saturated carbocycles. The van der Waals surface area contributed by atoms with Crippen molar-refractivity contribution in [1.29, 1.82) is 0 Å². The zero-order valence-electron chi connectivity index (χ0n) is 15.9. The number of carboxylic acids is 1. The van der Waals surface area contributed by atoms with Gasteiger partial charge in [-0.25, -0.2) is 4.79 Å². The Bertz CT molecular complexity index is 813. The van der Waals surface area contributed by atoms with Crippen molar-refractivity contribution >= 4 is 5.97 Å². The van der Waals surface area contributed by atoms with Gasteiger partial charge in [-0.05, 0) is 24.5 Å². The number of unbranched alkanes of at least 4 members (excludes halogenated alkanes) is 2. The van der Waals surface area contributed by atoms with Crippen LogP contribution in [0.15, 0.2) is 30.3 Å². The molecule has 27 heavy (non-hydrogen) atoms. The lowest BCUT2D eigenvalue weighted by molar-refractivity contribution is 0.0689. The topological polar surface area (TPSA) is 65.0 Å². The fourth-order valence-electron chi connectivity index (χ4n) is 3.10. The quantitative estimate of drug-likeness (QED) is 0.508. The summed E-state index contributed by atoms with van der Waals surface area (Å²) >= 11 is 0. The van der Waals surface area contributed by atoms with E-state index in [4.69, 9.17) is 14.2 Å². The first-order valence-corrected chi connectivity index (χ1v) is 9.60. The van der Waals surface area contributed by atoms with E-state index >= 15 is 0 Å². The average Bonchev–Trinajstić information content (AvgIpc) is 2.66. The van der Waals surface area contributed by atoms with Gasteiger partial charge in [-0.1, -0.05) is 44.9 Å². The summed E-state index contributed by atoms with van der Waals surface area (Å²) < 4.78 is 17.8. The Balaban J connectivity index is 2.05. The summed E-state index contributed by atoms with van der Waals surface area (Å²) in [5.74, 6) is 1.01. The van der Waals surface area contributed by atoms with E-state index in [0.717, 1.165) is 37.0 Å². The molecule has 0 spiro atoms. The summed E-state index contributed by atoms with van der Waals surface area (Å²) in [6.45, 7) is 5.11. The lowest BCUT2D eigenvalue weighted by Gasteiger charge is -2.25. The second-order valence-corrected chi connectivity index (χ2v) is 6.65. The predicted molar refractivity (Wildman–Crippen MR) is 104 cm³/mol. The molecule has 2 aromatic rings. The van der Waals surface area contributed by atoms with Crippen molar-refractivity contribution in [3.8, 4) is 23.0 Å². The van der Waals surface area contributed by atoms with Crippen LogP contribution in [-0.4, -0.2) is 24.3 Å². The third kappa shape index (κ3) is 4.18. The van der Waals surface area contributed by atoms with Crippen molar-refractivity contribution in [2.45, 2.75) is 46.0 Å². The van der Waals surface area contributed by atoms with Crippen molar-refractivity contribution in [3.63, 3.8) is 0 Å². The van der Waals surface area contributed by atoms with E-state index in [9.17, 15) is 9.90 Å². The van der Waals surface area contributed by atoms with E-state index in [1.807, 2.05) is 24.3 Å². The van der Waals surface area contributed by atoms with Crippen LogP contribution in [0.1, 0.15) is 61.0 Å². The van der Waals surface area contributed by atoms with Crippen LogP contribution in [0.2, 0.25) is 0 Å². The number of aromatic carboxylic acids is 1. The molecule has 0 atom stereocenters. The number of benzene rings is 2. The number of rotatable bonds is 9. The molecule has 0 saturated heterocycles. The van der Waals surface area contributed by atoms with Gasteiger partial charge in [0.25, 0.3) is 0 Å². The largest absolute Gasteiger partial charge is 0.490 e. The first-order valence-electron chi connectivity index (χ1n) is 9.60. The molecule has 0 bridgehead atoms. The van der Waals surface area contributed by atoms with Crippen LogP contribution in [0.5, 0.6) is 23.0 Å². The second-order valence-electron chi connectivity index (χ2n) is 6.65. The summed E-state index contributed by atoms with van der Waals surface area (Å²) in [4.78, 5) is 12.1. The van der Waals surface area contributed by atoms with Gasteiger partial charge in [-0.2, -0.15) is 0 Å². The maximum atomic E-state index is 12.1. The molecule has 3 rings (SSSR count). The van der Waals surface area contributed by atoms with Gasteiger partial charge >= 0.3 is 5.97 Å². The Kier molecular flexibility index (Phi) is 6.22. The first kappa shape index (κ1) is 19.1. The summed E-state index contributed by atoms with van der Waals surface area (Å²) in [6.07, 6.45) is 4.19. The molecule has 1 heterocycles. The van der Waals surface area contributed by atoms with E-state index in [2.05, 4.69) is 13.8 Å². The van der Waals surface area contributed by atoms with Gasteiger partial charge in [0.05, 0.1) is 13.2 Å². The maximum absolute atomic E-state index is 12.1. The van der Waals surface area contributed by atoms with E-state index < -0.39 is 5.97 Å². The van der Waals surface area contributed by atoms with Crippen LogP contribution in [0.3, 0.4) is 0 Å². The molecule has 1 aliphatic heterocycles. The minimum Gasteiger partial charge on any atom is -0.490 e. The highest BCUT2D eigenvalue weighted by Crippen LogP contribution is 2.46. The number of para-hydroxylation sites is 1. The van der Waals surface area contributed by atoms with Gasteiger partial charge in [0.1, 0.15) is 17.1 Å². The van der Waals surface area contributed by atoms with Crippen molar-refractivity contribution in [2.24, 2.45) is 0 Å². The van der Waals surface area contributed by atoms with Crippen LogP contribution in [0.4, 0.5) is 0 Å². The standard InChI is InChI=1S/C22H26O5/c1-3-5-11-25-19-14-18-16(13-15-9-7-8-10-17(15)27-18)20(22(23)24)21(19)26-12-6-4-2/h7-10,14H,3-6,11-13H2,1-2H3,(H,23,24). The molecular formula is C22H26O5. The van der Waals surface area contributed by atoms with Gasteiger partial charge in [-0.15, -0.1) is 0 Å². The van der Waals surface area contributed by atoms with Crippen LogP contribution in [0, 0.1) is 0 Å². The van der Waals surface area contributed by atoms with Crippen molar-refractivity contribution in [1.82, 2.24) is 0 Å². The first-order chi connectivity index (χ1) is 13.2. The molecular weight excluding hydrogens is 344 g/mol. The van der Waals surface area contributed by atoms with Gasteiger partial charge < -0.3 is 19.3 Å². The van der Waals surface area contributed by atoms with E-state index in [-0.39, 0.29) is 5.56 Å². The molecule has 5 heteroatoms. The minimum absolute atomic E-state index is 0.143. The highest BCUT2D eigenvalue weighted by atomic mass is 16.5. The van der Waals surface area contributed by atoms with E-state index in [0.29, 0.717) is 42.4 Å². The zero-order chi connectivity index (χ0) is 19.2. The molecule has 0 unspecified atom stereocenters. The molecule has 0 aliphatic carbocycles. The van der Waals surface area contributed by atoms with Crippen molar-refractivity contribution in [3.05, 3.63) is 47.0 Å². The van der Waals surface area contributed by atoms with Gasteiger partial charge in [0.2, 0.25) is 0 Å². The highest BCUT2D eigenvalue weighted by Gasteiger charge is 2.29. The number of ether oxygens (including phenoxy) is 3. The van der Waals surface area contributed by atoms with Gasteiger partial charge in [0, 0.05) is 18.1 Å². The number of fused-ring (bicyclic) bond motifs is 2. The third-order valence-electron chi connectivity index (χ3n) is 4.59. The molecule has 2 aromatic carbocycles. The molecule has 0 amide bonds. The Morgan fingerprint density at radius 3 is 2.48 bits per heavy atom. The predicted octanol–water partition coefficient (Wildman–Crippen LogP) is 5.44. The molecule has 1 N–H and O–H groups in total. The maximum Gasteiger partial charge on any atom is 0.340 e. The molecule has 0 aromatic heterocycles. The van der Waals surface area contributed by atoms with Crippen LogP contribution < -0.4 is 14.2 Å². The molecule has 144 valence electrons. The smallest absolute Gasteiger partial charge is 0.340 e. The fraction of sp³-hybridized carbons (Fsp3) is 0.409. The Morgan fingerprint density at radius 2 is 1.78 bits per heavy atom. The summed E-state index contributed by atoms with van der Waals surface area (Å²) in [6, 6.07) is 9.45. The zero-order valence-corrected chi connectivity index (χ0v) is 15.9. The normalized spacial score (nSPS) is 11.9. The Morgan fingerprint density at radius 1 is 1.07 bits per heavy atom. The Labute approximate surface area is 159 Å². The number of hydrogen-bond acceptors (Lipinski definition) is 4. The molecule has 1 aliphatic rings. The second kappa shape index (κ2) is 8.80.